The average Bonchev–Trinajstić information content (AvgIpc) is 3.24. The molecule has 12 heteroatoms. The molecule has 0 amide bonds. The van der Waals surface area contributed by atoms with Gasteiger partial charge in [-0.15, -0.1) is 0 Å². The molecule has 0 aromatic rings. The van der Waals surface area contributed by atoms with Crippen LogP contribution >= 0.6 is 7.82 Å². The number of rotatable bonds is 45. The molecule has 0 spiro atoms. The van der Waals surface area contributed by atoms with Crippen LogP contribution in [0.5, 0.6) is 0 Å². The Hall–Kier alpha value is -2.56. The van der Waals surface area contributed by atoms with Crippen LogP contribution in [-0.4, -0.2) is 59.9 Å². The van der Waals surface area contributed by atoms with Gasteiger partial charge in [-0.1, -0.05) is 197 Å². The van der Waals surface area contributed by atoms with E-state index in [1.165, 1.54) is 122 Å². The molecular formula is C49H88NO10P. The molecule has 0 aromatic heterocycles. The lowest BCUT2D eigenvalue weighted by molar-refractivity contribution is -0.161. The summed E-state index contributed by atoms with van der Waals surface area (Å²) in [6, 6.07) is -1.53. The van der Waals surface area contributed by atoms with Crippen molar-refractivity contribution in [3.8, 4) is 0 Å². The smallest absolute Gasteiger partial charge is 0.472 e. The third-order valence-corrected chi connectivity index (χ3v) is 11.3. The van der Waals surface area contributed by atoms with Crippen LogP contribution in [0.4, 0.5) is 0 Å². The predicted molar refractivity (Wildman–Crippen MR) is 249 cm³/mol. The fourth-order valence-electron chi connectivity index (χ4n) is 6.53. The van der Waals surface area contributed by atoms with E-state index < -0.39 is 51.1 Å². The quantitative estimate of drug-likeness (QED) is 0.0230. The number of nitrogens with two attached hydrogens (primary N) is 1. The monoisotopic (exact) mass is 882 g/mol. The third kappa shape index (κ3) is 43.9. The van der Waals surface area contributed by atoms with Gasteiger partial charge in [-0.05, 0) is 51.4 Å². The van der Waals surface area contributed by atoms with E-state index in [1.54, 1.807) is 0 Å². The number of aliphatic carboxylic acids is 1. The number of hydrogen-bond acceptors (Lipinski definition) is 9. The SMILES string of the molecule is CCCCC/C=C/C/C=C/C/C=C/C/C=C/CCCC(=O)O[C@H](COC(=O)CCCCCCCCCCCCCCCCCCCCCC)COP(=O)(O)OC[C@H](N)C(=O)O. The summed E-state index contributed by atoms with van der Waals surface area (Å²) in [5.41, 5.74) is 5.34. The van der Waals surface area contributed by atoms with Crippen LogP contribution in [0.1, 0.15) is 213 Å². The van der Waals surface area contributed by atoms with Crippen molar-refractivity contribution in [3.05, 3.63) is 48.6 Å². The minimum absolute atomic E-state index is 0.0859. The van der Waals surface area contributed by atoms with Gasteiger partial charge in [0.2, 0.25) is 0 Å². The molecule has 11 nitrogen and oxygen atoms in total. The average molecular weight is 882 g/mol. The second-order valence-electron chi connectivity index (χ2n) is 16.2. The normalized spacial score (nSPS) is 14.0. The summed E-state index contributed by atoms with van der Waals surface area (Å²) >= 11 is 0. The number of phosphoric acid groups is 1. The molecule has 0 aromatic carbocycles. The second kappa shape index (κ2) is 44.1. The molecular weight excluding hydrogens is 794 g/mol. The topological polar surface area (TPSA) is 172 Å². The van der Waals surface area contributed by atoms with E-state index in [0.717, 1.165) is 44.9 Å². The maximum atomic E-state index is 12.6. The number of carbonyl (C=O) groups excluding carboxylic acids is 2. The molecule has 0 saturated heterocycles. The standard InChI is InChI=1S/C49H88NO10P/c1-3-5-7-9-11-13-15-17-19-21-22-23-25-26-28-30-32-34-36-38-40-47(51)57-42-45(43-58-61(55,56)59-44-46(50)49(53)54)60-48(52)41-39-37-35-33-31-29-27-24-20-18-16-14-12-10-8-6-4-2/h12,14,18,20,27,29,33,35,45-46H,3-11,13,15-17,19,21-26,28,30-32,34,36-44,50H2,1-2H3,(H,53,54)(H,55,56)/b14-12+,20-18+,29-27+,35-33+/t45-,46+/m1/s1. The Kier molecular flexibility index (Phi) is 42.2. The second-order valence-corrected chi connectivity index (χ2v) is 17.7. The van der Waals surface area contributed by atoms with E-state index in [4.69, 9.17) is 24.8 Å². The van der Waals surface area contributed by atoms with Crippen molar-refractivity contribution in [2.24, 2.45) is 5.73 Å². The number of phosphoric ester groups is 1. The van der Waals surface area contributed by atoms with E-state index in [0.29, 0.717) is 19.3 Å². The zero-order valence-electron chi connectivity index (χ0n) is 38.5. The molecule has 1 unspecified atom stereocenters. The van der Waals surface area contributed by atoms with Crippen LogP contribution < -0.4 is 5.73 Å². The Labute approximate surface area is 371 Å². The van der Waals surface area contributed by atoms with E-state index >= 15 is 0 Å². The molecule has 0 bridgehead atoms. The maximum Gasteiger partial charge on any atom is 0.472 e. The lowest BCUT2D eigenvalue weighted by atomic mass is 10.0. The molecule has 61 heavy (non-hydrogen) atoms. The Morgan fingerprint density at radius 3 is 1.34 bits per heavy atom. The van der Waals surface area contributed by atoms with Crippen LogP contribution in [0.2, 0.25) is 0 Å². The summed E-state index contributed by atoms with van der Waals surface area (Å²) in [4.78, 5) is 46.1. The minimum Gasteiger partial charge on any atom is -0.480 e. The Balaban J connectivity index is 4.34. The van der Waals surface area contributed by atoms with Gasteiger partial charge in [0.1, 0.15) is 12.6 Å². The zero-order chi connectivity index (χ0) is 44.9. The Morgan fingerprint density at radius 2 is 0.885 bits per heavy atom. The summed E-state index contributed by atoms with van der Waals surface area (Å²) < 4.78 is 32.7. The van der Waals surface area contributed by atoms with E-state index in [1.807, 2.05) is 12.2 Å². The van der Waals surface area contributed by atoms with Crippen molar-refractivity contribution in [1.82, 2.24) is 0 Å². The van der Waals surface area contributed by atoms with Crippen molar-refractivity contribution < 1.29 is 47.5 Å². The predicted octanol–water partition coefficient (Wildman–Crippen LogP) is 13.3. The molecule has 0 radical (unpaired) electrons. The van der Waals surface area contributed by atoms with Crippen LogP contribution in [0.3, 0.4) is 0 Å². The fourth-order valence-corrected chi connectivity index (χ4v) is 7.31. The maximum absolute atomic E-state index is 12.6. The highest BCUT2D eigenvalue weighted by atomic mass is 31.2. The molecule has 354 valence electrons. The van der Waals surface area contributed by atoms with Crippen LogP contribution in [-0.2, 0) is 37.5 Å². The molecule has 0 rings (SSSR count). The van der Waals surface area contributed by atoms with Gasteiger partial charge < -0.3 is 25.2 Å². The molecule has 0 aliphatic rings. The Morgan fingerprint density at radius 1 is 0.508 bits per heavy atom. The van der Waals surface area contributed by atoms with Crippen LogP contribution in [0.15, 0.2) is 48.6 Å². The molecule has 0 aliphatic heterocycles. The molecule has 0 fully saturated rings. The highest BCUT2D eigenvalue weighted by Crippen LogP contribution is 2.43. The number of carbonyl (C=O) groups is 3. The number of ether oxygens (including phenoxy) is 2. The molecule has 0 heterocycles. The highest BCUT2D eigenvalue weighted by molar-refractivity contribution is 7.47. The number of carboxylic acids is 1. The highest BCUT2D eigenvalue weighted by Gasteiger charge is 2.28. The number of carboxylic acid groups (broad SMARTS) is 1. The van der Waals surface area contributed by atoms with E-state index in [2.05, 4.69) is 54.8 Å². The van der Waals surface area contributed by atoms with Gasteiger partial charge in [-0.2, -0.15) is 0 Å². The first-order chi connectivity index (χ1) is 29.6. The van der Waals surface area contributed by atoms with Crippen molar-refractivity contribution in [2.75, 3.05) is 19.8 Å². The van der Waals surface area contributed by atoms with Gasteiger partial charge in [0.15, 0.2) is 6.10 Å². The summed E-state index contributed by atoms with van der Waals surface area (Å²) in [5, 5.41) is 8.90. The van der Waals surface area contributed by atoms with Crippen LogP contribution in [0, 0.1) is 0 Å². The zero-order valence-corrected chi connectivity index (χ0v) is 39.4. The summed E-state index contributed by atoms with van der Waals surface area (Å²) in [6.45, 7) is 2.75. The van der Waals surface area contributed by atoms with Crippen molar-refractivity contribution >= 4 is 25.7 Å². The molecule has 4 N–H and O–H groups in total. The van der Waals surface area contributed by atoms with Gasteiger partial charge in [0.25, 0.3) is 0 Å². The van der Waals surface area contributed by atoms with Gasteiger partial charge >= 0.3 is 25.7 Å². The number of unbranched alkanes of at least 4 members (excludes halogenated alkanes) is 23. The molecule has 0 aliphatic carbocycles. The lowest BCUT2D eigenvalue weighted by Crippen LogP contribution is -2.34. The Bertz CT molecular complexity index is 1220. The lowest BCUT2D eigenvalue weighted by Gasteiger charge is -2.20. The molecule has 0 saturated carbocycles. The first kappa shape index (κ1) is 58.4. The van der Waals surface area contributed by atoms with Crippen molar-refractivity contribution in [1.29, 1.82) is 0 Å². The first-order valence-corrected chi connectivity index (χ1v) is 25.7. The van der Waals surface area contributed by atoms with Crippen molar-refractivity contribution in [3.63, 3.8) is 0 Å². The van der Waals surface area contributed by atoms with Gasteiger partial charge in [0.05, 0.1) is 13.2 Å². The van der Waals surface area contributed by atoms with E-state index in [-0.39, 0.29) is 19.4 Å². The minimum atomic E-state index is -4.73. The van der Waals surface area contributed by atoms with Gasteiger partial charge in [-0.3, -0.25) is 23.4 Å². The number of hydrogen-bond donors (Lipinski definition) is 3. The van der Waals surface area contributed by atoms with E-state index in [9.17, 15) is 23.8 Å². The van der Waals surface area contributed by atoms with Crippen molar-refractivity contribution in [2.45, 2.75) is 225 Å². The first-order valence-electron chi connectivity index (χ1n) is 24.2. The number of allylic oxidation sites excluding steroid dienone is 8. The number of esters is 2. The summed E-state index contributed by atoms with van der Waals surface area (Å²) in [7, 11) is -4.73. The fraction of sp³-hybridized carbons (Fsp3) is 0.776. The van der Waals surface area contributed by atoms with Gasteiger partial charge in [0, 0.05) is 12.8 Å². The van der Waals surface area contributed by atoms with Gasteiger partial charge in [-0.25, -0.2) is 4.57 Å². The van der Waals surface area contributed by atoms with Crippen LogP contribution in [0.25, 0.3) is 0 Å². The third-order valence-electron chi connectivity index (χ3n) is 10.3. The molecule has 3 atom stereocenters. The largest absolute Gasteiger partial charge is 0.480 e. The summed E-state index contributed by atoms with van der Waals surface area (Å²) in [5.74, 6) is -2.44. The summed E-state index contributed by atoms with van der Waals surface area (Å²) in [6.07, 6.45) is 50.4.